The highest BCUT2D eigenvalue weighted by Crippen LogP contribution is 2.42. The summed E-state index contributed by atoms with van der Waals surface area (Å²) in [6.45, 7) is 8.20. The van der Waals surface area contributed by atoms with Crippen LogP contribution in [0.2, 0.25) is 0 Å². The number of nitrogens with zero attached hydrogens (tertiary/aromatic N) is 2. The Labute approximate surface area is 206 Å². The van der Waals surface area contributed by atoms with Crippen LogP contribution in [0.1, 0.15) is 70.4 Å². The van der Waals surface area contributed by atoms with E-state index in [1.54, 1.807) is 19.2 Å². The molecule has 1 aliphatic carbocycles. The van der Waals surface area contributed by atoms with Crippen molar-refractivity contribution < 1.29 is 19.8 Å². The average Bonchev–Trinajstić information content (AvgIpc) is 3.11. The molecule has 2 atom stereocenters. The minimum Gasteiger partial charge on any atom is -0.505 e. The fraction of sp³-hybridized carbons (Fsp3) is 0.393. The number of aliphatic carboxylic acids is 1. The van der Waals surface area contributed by atoms with Gasteiger partial charge in [0.15, 0.2) is 0 Å². The Morgan fingerprint density at radius 3 is 2.51 bits per heavy atom. The number of rotatable bonds is 5. The molecule has 0 bridgehead atoms. The summed E-state index contributed by atoms with van der Waals surface area (Å²) in [6, 6.07) is 13.2. The molecule has 0 spiro atoms. The van der Waals surface area contributed by atoms with Gasteiger partial charge >= 0.3 is 5.97 Å². The average molecular weight is 476 g/mol. The molecule has 1 aliphatic heterocycles. The SMILES string of the molecule is CC1=NN(c2ccc(C(C)(C)C)cc2)C(=O)/C1=C\Nc1cccc(C2CCCC(C(=O)O)C2)c1O. The molecular weight excluding hydrogens is 442 g/mol. The number of hydrogen-bond donors (Lipinski definition) is 3. The van der Waals surface area contributed by atoms with E-state index in [0.29, 0.717) is 35.5 Å². The van der Waals surface area contributed by atoms with E-state index in [2.05, 4.69) is 31.2 Å². The Bertz CT molecular complexity index is 1190. The first kappa shape index (κ1) is 24.5. The Balaban J connectivity index is 1.51. The van der Waals surface area contributed by atoms with Crippen molar-refractivity contribution in [3.05, 3.63) is 65.4 Å². The first-order chi connectivity index (χ1) is 16.6. The third kappa shape index (κ3) is 5.09. The quantitative estimate of drug-likeness (QED) is 0.377. The number of amides is 1. The fourth-order valence-electron chi connectivity index (χ4n) is 4.82. The Morgan fingerprint density at radius 1 is 1.14 bits per heavy atom. The monoisotopic (exact) mass is 475 g/mol. The maximum absolute atomic E-state index is 13.1. The summed E-state index contributed by atoms with van der Waals surface area (Å²) in [7, 11) is 0. The van der Waals surface area contributed by atoms with Crippen LogP contribution in [-0.2, 0) is 15.0 Å². The van der Waals surface area contributed by atoms with Crippen LogP contribution in [0.25, 0.3) is 0 Å². The lowest BCUT2D eigenvalue weighted by atomic mass is 9.77. The van der Waals surface area contributed by atoms with Crippen molar-refractivity contribution in [2.75, 3.05) is 10.3 Å². The molecule has 0 aromatic heterocycles. The number of phenolic OH excluding ortho intramolecular Hbond substituents is 1. The van der Waals surface area contributed by atoms with Crippen molar-refractivity contribution in [1.29, 1.82) is 0 Å². The van der Waals surface area contributed by atoms with Gasteiger partial charge in [-0.15, -0.1) is 0 Å². The molecule has 1 fully saturated rings. The zero-order valence-electron chi connectivity index (χ0n) is 20.7. The Kier molecular flexibility index (Phi) is 6.70. The van der Waals surface area contributed by atoms with Gasteiger partial charge in [0.05, 0.1) is 28.6 Å². The van der Waals surface area contributed by atoms with E-state index >= 15 is 0 Å². The van der Waals surface area contributed by atoms with Crippen LogP contribution in [0.3, 0.4) is 0 Å². The number of carboxylic acid groups (broad SMARTS) is 1. The lowest BCUT2D eigenvalue weighted by molar-refractivity contribution is -0.143. The number of nitrogens with one attached hydrogen (secondary N) is 1. The first-order valence-electron chi connectivity index (χ1n) is 12.1. The smallest absolute Gasteiger partial charge is 0.306 e. The minimum atomic E-state index is -0.777. The molecule has 4 rings (SSSR count). The number of carbonyl (C=O) groups excluding carboxylic acids is 1. The third-order valence-electron chi connectivity index (χ3n) is 6.94. The summed E-state index contributed by atoms with van der Waals surface area (Å²) in [5.74, 6) is -1.33. The van der Waals surface area contributed by atoms with Gasteiger partial charge in [-0.3, -0.25) is 9.59 Å². The second-order valence-electron chi connectivity index (χ2n) is 10.4. The lowest BCUT2D eigenvalue weighted by Gasteiger charge is -2.27. The zero-order chi connectivity index (χ0) is 25.3. The molecule has 184 valence electrons. The summed E-state index contributed by atoms with van der Waals surface area (Å²) in [5, 5.41) is 29.2. The number of benzene rings is 2. The summed E-state index contributed by atoms with van der Waals surface area (Å²) in [5.41, 5.74) is 4.09. The van der Waals surface area contributed by atoms with E-state index in [1.165, 1.54) is 10.6 Å². The van der Waals surface area contributed by atoms with Crippen LogP contribution >= 0.6 is 0 Å². The van der Waals surface area contributed by atoms with Crippen LogP contribution in [0, 0.1) is 5.92 Å². The number of phenols is 1. The summed E-state index contributed by atoms with van der Waals surface area (Å²) >= 11 is 0. The van der Waals surface area contributed by atoms with Gasteiger partial charge in [0.2, 0.25) is 0 Å². The van der Waals surface area contributed by atoms with Crippen molar-refractivity contribution in [3.63, 3.8) is 0 Å². The van der Waals surface area contributed by atoms with Crippen LogP contribution < -0.4 is 10.3 Å². The molecule has 2 aliphatic rings. The zero-order valence-corrected chi connectivity index (χ0v) is 20.7. The molecule has 1 heterocycles. The maximum atomic E-state index is 13.1. The second-order valence-corrected chi connectivity index (χ2v) is 10.4. The number of hydrogen-bond acceptors (Lipinski definition) is 5. The van der Waals surface area contributed by atoms with Crippen LogP contribution in [-0.4, -0.2) is 27.8 Å². The van der Waals surface area contributed by atoms with E-state index in [9.17, 15) is 19.8 Å². The molecule has 0 saturated heterocycles. The molecule has 1 saturated carbocycles. The number of carbonyl (C=O) groups is 2. The highest BCUT2D eigenvalue weighted by atomic mass is 16.4. The van der Waals surface area contributed by atoms with Gasteiger partial charge in [-0.2, -0.15) is 10.1 Å². The molecule has 2 aromatic carbocycles. The van der Waals surface area contributed by atoms with Crippen molar-refractivity contribution in [2.45, 2.75) is 64.7 Å². The number of para-hydroxylation sites is 1. The number of carboxylic acids is 1. The van der Waals surface area contributed by atoms with Gasteiger partial charge in [0.25, 0.3) is 5.91 Å². The van der Waals surface area contributed by atoms with Crippen molar-refractivity contribution in [1.82, 2.24) is 0 Å². The van der Waals surface area contributed by atoms with Gasteiger partial charge in [0.1, 0.15) is 5.75 Å². The largest absolute Gasteiger partial charge is 0.505 e. The Hall–Kier alpha value is -3.61. The van der Waals surface area contributed by atoms with Gasteiger partial charge in [-0.25, -0.2) is 0 Å². The lowest BCUT2D eigenvalue weighted by Crippen LogP contribution is -2.22. The van der Waals surface area contributed by atoms with Gasteiger partial charge in [-0.1, -0.05) is 51.5 Å². The molecule has 2 aromatic rings. The van der Waals surface area contributed by atoms with E-state index in [4.69, 9.17) is 0 Å². The minimum absolute atomic E-state index is 0.0118. The molecular formula is C28H33N3O4. The van der Waals surface area contributed by atoms with Gasteiger partial charge in [0, 0.05) is 6.20 Å². The number of anilines is 2. The maximum Gasteiger partial charge on any atom is 0.306 e. The van der Waals surface area contributed by atoms with E-state index in [1.807, 2.05) is 36.4 Å². The summed E-state index contributed by atoms with van der Waals surface area (Å²) in [6.07, 6.45) is 4.42. The predicted octanol–water partition coefficient (Wildman–Crippen LogP) is 5.77. The van der Waals surface area contributed by atoms with Crippen molar-refractivity contribution in [3.8, 4) is 5.75 Å². The first-order valence-corrected chi connectivity index (χ1v) is 12.1. The normalized spacial score (nSPS) is 21.8. The van der Waals surface area contributed by atoms with E-state index in [-0.39, 0.29) is 28.9 Å². The van der Waals surface area contributed by atoms with Crippen LogP contribution in [0.4, 0.5) is 11.4 Å². The van der Waals surface area contributed by atoms with E-state index < -0.39 is 5.97 Å². The van der Waals surface area contributed by atoms with Crippen molar-refractivity contribution in [2.24, 2.45) is 11.0 Å². The molecule has 35 heavy (non-hydrogen) atoms. The third-order valence-corrected chi connectivity index (χ3v) is 6.94. The molecule has 7 nitrogen and oxygen atoms in total. The predicted molar refractivity (Wildman–Crippen MR) is 138 cm³/mol. The van der Waals surface area contributed by atoms with Crippen LogP contribution in [0.15, 0.2) is 59.3 Å². The fourth-order valence-corrected chi connectivity index (χ4v) is 4.82. The van der Waals surface area contributed by atoms with Crippen LogP contribution in [0.5, 0.6) is 5.75 Å². The van der Waals surface area contributed by atoms with Gasteiger partial charge < -0.3 is 15.5 Å². The topological polar surface area (TPSA) is 102 Å². The highest BCUT2D eigenvalue weighted by molar-refractivity contribution is 6.29. The van der Waals surface area contributed by atoms with E-state index in [0.717, 1.165) is 18.4 Å². The molecule has 7 heteroatoms. The molecule has 0 radical (unpaired) electrons. The molecule has 2 unspecified atom stereocenters. The Morgan fingerprint density at radius 2 is 1.86 bits per heavy atom. The van der Waals surface area contributed by atoms with Gasteiger partial charge in [-0.05, 0) is 66.8 Å². The second kappa shape index (κ2) is 9.56. The number of hydrazone groups is 1. The molecule has 3 N–H and O–H groups in total. The molecule has 1 amide bonds. The standard InChI is InChI=1S/C28H33N3O4/c1-17-23(26(33)31(30-17)21-13-11-20(12-14-21)28(2,3)4)16-29-24-10-6-9-22(25(24)32)18-7-5-8-19(15-18)27(34)35/h6,9-14,16,18-19,29,32H,5,7-8,15H2,1-4H3,(H,34,35)/b23-16-. The van der Waals surface area contributed by atoms with Crippen molar-refractivity contribution >= 4 is 29.0 Å². The number of aromatic hydroxyl groups is 1. The summed E-state index contributed by atoms with van der Waals surface area (Å²) in [4.78, 5) is 24.6. The summed E-state index contributed by atoms with van der Waals surface area (Å²) < 4.78 is 0. The highest BCUT2D eigenvalue weighted by Gasteiger charge is 2.31.